The molecule has 1 saturated heterocycles. The van der Waals surface area contributed by atoms with Gasteiger partial charge in [0.05, 0.1) is 5.52 Å². The number of para-hydroxylation sites is 1. The zero-order chi connectivity index (χ0) is 14.5. The smallest absolute Gasteiger partial charge is 0.0526 e. The van der Waals surface area contributed by atoms with Crippen molar-refractivity contribution < 1.29 is 0 Å². The van der Waals surface area contributed by atoms with Gasteiger partial charge in [0.2, 0.25) is 0 Å². The van der Waals surface area contributed by atoms with E-state index in [0.29, 0.717) is 0 Å². The maximum absolute atomic E-state index is 3.46. The molecule has 0 bridgehead atoms. The van der Waals surface area contributed by atoms with E-state index in [1.165, 1.54) is 55.4 Å². The molecule has 0 spiro atoms. The highest BCUT2D eigenvalue weighted by Gasteiger charge is 2.11. The molecular weight excluding hydrogens is 258 g/mol. The molecule has 0 amide bonds. The molecule has 0 atom stereocenters. The molecule has 21 heavy (non-hydrogen) atoms. The zero-order valence-corrected chi connectivity index (χ0v) is 13.1. The predicted octanol–water partition coefficient (Wildman–Crippen LogP) is 3.24. The summed E-state index contributed by atoms with van der Waals surface area (Å²) in [6.45, 7) is 8.99. The first kappa shape index (κ1) is 14.6. The average Bonchev–Trinajstić information content (AvgIpc) is 2.96. The van der Waals surface area contributed by atoms with E-state index >= 15 is 0 Å². The number of nitrogens with zero attached hydrogens (tertiary/aromatic N) is 2. The van der Waals surface area contributed by atoms with Gasteiger partial charge in [-0.25, -0.2) is 0 Å². The van der Waals surface area contributed by atoms with E-state index in [1.807, 2.05) is 0 Å². The lowest BCUT2D eigenvalue weighted by Crippen LogP contribution is -2.32. The van der Waals surface area contributed by atoms with Crippen molar-refractivity contribution in [1.82, 2.24) is 14.8 Å². The van der Waals surface area contributed by atoms with E-state index in [9.17, 15) is 0 Å². The van der Waals surface area contributed by atoms with Crippen molar-refractivity contribution in [3.05, 3.63) is 36.0 Å². The Hall–Kier alpha value is -1.32. The van der Waals surface area contributed by atoms with Crippen molar-refractivity contribution in [2.24, 2.45) is 0 Å². The Labute approximate surface area is 127 Å². The Morgan fingerprint density at radius 2 is 1.90 bits per heavy atom. The van der Waals surface area contributed by atoms with Crippen LogP contribution in [0.2, 0.25) is 0 Å². The van der Waals surface area contributed by atoms with Crippen LogP contribution in [-0.4, -0.2) is 35.6 Å². The zero-order valence-electron chi connectivity index (χ0n) is 13.1. The number of hydrogen-bond donors (Lipinski definition) is 1. The highest BCUT2D eigenvalue weighted by Crippen LogP contribution is 2.21. The lowest BCUT2D eigenvalue weighted by Gasteiger charge is -2.26. The maximum Gasteiger partial charge on any atom is 0.0526 e. The lowest BCUT2D eigenvalue weighted by atomic mass is 10.1. The van der Waals surface area contributed by atoms with Crippen molar-refractivity contribution >= 4 is 10.9 Å². The number of piperidine rings is 1. The van der Waals surface area contributed by atoms with Gasteiger partial charge in [0, 0.05) is 25.8 Å². The van der Waals surface area contributed by atoms with Gasteiger partial charge in [-0.15, -0.1) is 0 Å². The van der Waals surface area contributed by atoms with E-state index in [4.69, 9.17) is 0 Å². The third-order valence-electron chi connectivity index (χ3n) is 4.54. The van der Waals surface area contributed by atoms with Crippen LogP contribution in [0.15, 0.2) is 30.5 Å². The van der Waals surface area contributed by atoms with Gasteiger partial charge in [-0.2, -0.15) is 0 Å². The third-order valence-corrected chi connectivity index (χ3v) is 4.54. The summed E-state index contributed by atoms with van der Waals surface area (Å²) in [4.78, 5) is 2.61. The molecular formula is C18H27N3. The number of benzene rings is 1. The van der Waals surface area contributed by atoms with E-state index in [2.05, 4.69) is 52.2 Å². The van der Waals surface area contributed by atoms with Crippen molar-refractivity contribution in [3.63, 3.8) is 0 Å². The SMILES string of the molecule is CCNCc1cccc2ccn(CCN3CCCCC3)c12. The minimum absolute atomic E-state index is 0.960. The van der Waals surface area contributed by atoms with E-state index in [0.717, 1.165) is 19.6 Å². The van der Waals surface area contributed by atoms with Crippen LogP contribution in [0.3, 0.4) is 0 Å². The monoisotopic (exact) mass is 285 g/mol. The third kappa shape index (κ3) is 3.47. The summed E-state index contributed by atoms with van der Waals surface area (Å²) in [5, 5.41) is 4.82. The first-order valence-corrected chi connectivity index (χ1v) is 8.38. The summed E-state index contributed by atoms with van der Waals surface area (Å²) in [7, 11) is 0. The van der Waals surface area contributed by atoms with Crippen molar-refractivity contribution in [3.8, 4) is 0 Å². The van der Waals surface area contributed by atoms with E-state index in [-0.39, 0.29) is 0 Å². The summed E-state index contributed by atoms with van der Waals surface area (Å²) in [6.07, 6.45) is 6.41. The van der Waals surface area contributed by atoms with Crippen molar-refractivity contribution in [2.45, 2.75) is 39.3 Å². The molecule has 1 aliphatic heterocycles. The van der Waals surface area contributed by atoms with Crippen LogP contribution in [0.5, 0.6) is 0 Å². The van der Waals surface area contributed by atoms with Gasteiger partial charge in [0.25, 0.3) is 0 Å². The molecule has 1 aromatic heterocycles. The van der Waals surface area contributed by atoms with Crippen LogP contribution in [0.4, 0.5) is 0 Å². The molecule has 1 aromatic carbocycles. The first-order chi connectivity index (χ1) is 10.4. The van der Waals surface area contributed by atoms with Crippen LogP contribution in [-0.2, 0) is 13.1 Å². The Morgan fingerprint density at radius 3 is 2.71 bits per heavy atom. The predicted molar refractivity (Wildman–Crippen MR) is 89.6 cm³/mol. The molecule has 0 aliphatic carbocycles. The Bertz CT molecular complexity index is 567. The maximum atomic E-state index is 3.46. The summed E-state index contributed by atoms with van der Waals surface area (Å²) in [6, 6.07) is 8.90. The van der Waals surface area contributed by atoms with Gasteiger partial charge in [-0.1, -0.05) is 31.5 Å². The van der Waals surface area contributed by atoms with Crippen molar-refractivity contribution in [1.29, 1.82) is 0 Å². The highest BCUT2D eigenvalue weighted by atomic mass is 15.1. The second-order valence-corrected chi connectivity index (χ2v) is 6.05. The van der Waals surface area contributed by atoms with E-state index in [1.54, 1.807) is 0 Å². The molecule has 0 saturated carbocycles. The van der Waals surface area contributed by atoms with Gasteiger partial charge in [-0.3, -0.25) is 0 Å². The number of aromatic nitrogens is 1. The molecule has 2 aromatic rings. The molecule has 3 heteroatoms. The number of fused-ring (bicyclic) bond motifs is 1. The standard InChI is InChI=1S/C18H27N3/c1-2-19-15-17-8-6-7-16-9-12-21(18(16)17)14-13-20-10-4-3-5-11-20/h6-9,12,19H,2-5,10-11,13-15H2,1H3. The fraction of sp³-hybridized carbons (Fsp3) is 0.556. The summed E-state index contributed by atoms with van der Waals surface area (Å²) in [5.41, 5.74) is 2.83. The minimum Gasteiger partial charge on any atom is -0.346 e. The largest absolute Gasteiger partial charge is 0.346 e. The molecule has 0 radical (unpaired) electrons. The van der Waals surface area contributed by atoms with E-state index < -0.39 is 0 Å². The van der Waals surface area contributed by atoms with Gasteiger partial charge in [-0.05, 0) is 49.5 Å². The van der Waals surface area contributed by atoms with Crippen molar-refractivity contribution in [2.75, 3.05) is 26.2 Å². The topological polar surface area (TPSA) is 20.2 Å². The molecule has 0 unspecified atom stereocenters. The number of rotatable bonds is 6. The van der Waals surface area contributed by atoms with Crippen LogP contribution in [0.25, 0.3) is 10.9 Å². The van der Waals surface area contributed by atoms with Gasteiger partial charge in [0.1, 0.15) is 0 Å². The molecule has 1 fully saturated rings. The second kappa shape index (κ2) is 7.10. The number of hydrogen-bond acceptors (Lipinski definition) is 2. The molecule has 3 rings (SSSR count). The highest BCUT2D eigenvalue weighted by molar-refractivity contribution is 5.83. The Morgan fingerprint density at radius 1 is 1.05 bits per heavy atom. The quantitative estimate of drug-likeness (QED) is 0.879. The summed E-state index contributed by atoms with van der Waals surface area (Å²) < 4.78 is 2.44. The van der Waals surface area contributed by atoms with Crippen LogP contribution in [0, 0.1) is 0 Å². The normalized spacial score (nSPS) is 16.6. The fourth-order valence-electron chi connectivity index (χ4n) is 3.36. The molecule has 2 heterocycles. The lowest BCUT2D eigenvalue weighted by molar-refractivity contribution is 0.221. The van der Waals surface area contributed by atoms with Gasteiger partial charge in [0.15, 0.2) is 0 Å². The van der Waals surface area contributed by atoms with Crippen LogP contribution >= 0.6 is 0 Å². The molecule has 3 nitrogen and oxygen atoms in total. The second-order valence-electron chi connectivity index (χ2n) is 6.05. The van der Waals surface area contributed by atoms with Gasteiger partial charge >= 0.3 is 0 Å². The summed E-state index contributed by atoms with van der Waals surface area (Å²) in [5.74, 6) is 0. The number of likely N-dealkylation sites (tertiary alicyclic amines) is 1. The van der Waals surface area contributed by atoms with Crippen LogP contribution in [0.1, 0.15) is 31.7 Å². The molecule has 1 aliphatic rings. The summed E-state index contributed by atoms with van der Waals surface area (Å²) >= 11 is 0. The fourth-order valence-corrected chi connectivity index (χ4v) is 3.36. The first-order valence-electron chi connectivity index (χ1n) is 8.38. The van der Waals surface area contributed by atoms with Gasteiger partial charge < -0.3 is 14.8 Å². The average molecular weight is 285 g/mol. The molecule has 1 N–H and O–H groups in total. The number of nitrogens with one attached hydrogen (secondary N) is 1. The molecule has 114 valence electrons. The Kier molecular flexibility index (Phi) is 4.94. The van der Waals surface area contributed by atoms with Crippen LogP contribution < -0.4 is 5.32 Å². The Balaban J connectivity index is 1.74. The minimum atomic E-state index is 0.960.